The second-order valence-electron chi connectivity index (χ2n) is 5.64. The summed E-state index contributed by atoms with van der Waals surface area (Å²) >= 11 is 1.76. The molecule has 2 aromatic rings. The first-order chi connectivity index (χ1) is 11.8. The fraction of sp³-hybridized carbons (Fsp3) is 0.389. The monoisotopic (exact) mass is 473 g/mol. The standard InChI is InChI=1S/C18H23N3O2S.HI/c1-13-6-9-24-17(13)12-21-18(19-2)20-11-14-4-5-15-16(10-14)23-8-3-7-22-15;/h4-6,9-10H,3,7-8,11-12H2,1-2H3,(H2,19,20,21);1H. The average Bonchev–Trinajstić information content (AvgIpc) is 2.87. The van der Waals surface area contributed by atoms with E-state index in [0.29, 0.717) is 19.8 Å². The minimum Gasteiger partial charge on any atom is -0.490 e. The van der Waals surface area contributed by atoms with Crippen molar-refractivity contribution in [2.45, 2.75) is 26.4 Å². The normalized spacial score (nSPS) is 13.6. The molecule has 5 nitrogen and oxygen atoms in total. The Morgan fingerprint density at radius 1 is 1.12 bits per heavy atom. The molecule has 0 spiro atoms. The van der Waals surface area contributed by atoms with E-state index in [0.717, 1.165) is 36.0 Å². The van der Waals surface area contributed by atoms with Crippen molar-refractivity contribution in [1.29, 1.82) is 0 Å². The third kappa shape index (κ3) is 5.50. The van der Waals surface area contributed by atoms with Gasteiger partial charge in [-0.25, -0.2) is 0 Å². The molecule has 0 radical (unpaired) electrons. The number of aliphatic imine (C=N–C) groups is 1. The van der Waals surface area contributed by atoms with Gasteiger partial charge in [0.25, 0.3) is 0 Å². The van der Waals surface area contributed by atoms with Crippen molar-refractivity contribution in [2.75, 3.05) is 20.3 Å². The highest BCUT2D eigenvalue weighted by Gasteiger charge is 2.11. The lowest BCUT2D eigenvalue weighted by Gasteiger charge is -2.13. The molecule has 0 unspecified atom stereocenters. The van der Waals surface area contributed by atoms with Crippen molar-refractivity contribution in [1.82, 2.24) is 10.6 Å². The van der Waals surface area contributed by atoms with Crippen molar-refractivity contribution in [3.8, 4) is 11.5 Å². The highest BCUT2D eigenvalue weighted by molar-refractivity contribution is 14.0. The van der Waals surface area contributed by atoms with Crippen molar-refractivity contribution in [2.24, 2.45) is 4.99 Å². The first-order valence-electron chi connectivity index (χ1n) is 8.12. The molecule has 3 rings (SSSR count). The molecule has 1 aliphatic heterocycles. The Labute approximate surface area is 169 Å². The van der Waals surface area contributed by atoms with E-state index in [1.54, 1.807) is 18.4 Å². The molecular formula is C18H24IN3O2S. The molecule has 0 saturated heterocycles. The van der Waals surface area contributed by atoms with E-state index in [1.807, 2.05) is 12.1 Å². The van der Waals surface area contributed by atoms with Gasteiger partial charge in [0.15, 0.2) is 17.5 Å². The van der Waals surface area contributed by atoms with Gasteiger partial charge in [0.2, 0.25) is 0 Å². The van der Waals surface area contributed by atoms with Crippen LogP contribution in [0.3, 0.4) is 0 Å². The third-order valence-electron chi connectivity index (χ3n) is 3.88. The average molecular weight is 473 g/mol. The number of guanidine groups is 1. The molecule has 136 valence electrons. The van der Waals surface area contributed by atoms with Crippen LogP contribution in [0, 0.1) is 6.92 Å². The first kappa shape index (κ1) is 19.8. The number of halogens is 1. The molecule has 0 aliphatic carbocycles. The van der Waals surface area contributed by atoms with Gasteiger partial charge in [-0.3, -0.25) is 4.99 Å². The number of hydrogen-bond acceptors (Lipinski definition) is 4. The van der Waals surface area contributed by atoms with E-state index in [2.05, 4.69) is 40.1 Å². The van der Waals surface area contributed by atoms with Crippen LogP contribution < -0.4 is 20.1 Å². The zero-order valence-electron chi connectivity index (χ0n) is 14.5. The van der Waals surface area contributed by atoms with E-state index in [-0.39, 0.29) is 24.0 Å². The number of rotatable bonds is 4. The molecule has 25 heavy (non-hydrogen) atoms. The Morgan fingerprint density at radius 3 is 2.60 bits per heavy atom. The summed E-state index contributed by atoms with van der Waals surface area (Å²) in [6, 6.07) is 8.19. The number of nitrogens with zero attached hydrogens (tertiary/aromatic N) is 1. The van der Waals surface area contributed by atoms with Crippen LogP contribution in [0.25, 0.3) is 0 Å². The Hall–Kier alpha value is -1.48. The summed E-state index contributed by atoms with van der Waals surface area (Å²) in [4.78, 5) is 5.61. The molecule has 1 aromatic carbocycles. The first-order valence-corrected chi connectivity index (χ1v) is 9.00. The maximum Gasteiger partial charge on any atom is 0.191 e. The number of fused-ring (bicyclic) bond motifs is 1. The zero-order valence-corrected chi connectivity index (χ0v) is 17.6. The van der Waals surface area contributed by atoms with Gasteiger partial charge >= 0.3 is 0 Å². The topological polar surface area (TPSA) is 54.9 Å². The SMILES string of the molecule is CN=C(NCc1ccc2c(c1)OCCCO2)NCc1sccc1C.I. The highest BCUT2D eigenvalue weighted by atomic mass is 127. The second kappa shape index (κ2) is 9.86. The van der Waals surface area contributed by atoms with Crippen molar-refractivity contribution >= 4 is 41.3 Å². The summed E-state index contributed by atoms with van der Waals surface area (Å²) in [7, 11) is 1.78. The van der Waals surface area contributed by atoms with E-state index >= 15 is 0 Å². The van der Waals surface area contributed by atoms with Crippen LogP contribution >= 0.6 is 35.3 Å². The molecule has 0 bridgehead atoms. The molecule has 0 atom stereocenters. The van der Waals surface area contributed by atoms with Crippen molar-refractivity contribution in [3.05, 3.63) is 45.6 Å². The number of benzene rings is 1. The highest BCUT2D eigenvalue weighted by Crippen LogP contribution is 2.30. The summed E-state index contributed by atoms with van der Waals surface area (Å²) in [5.74, 6) is 2.44. The molecule has 2 heterocycles. The van der Waals surface area contributed by atoms with Gasteiger partial charge in [0.1, 0.15) is 0 Å². The quantitative estimate of drug-likeness (QED) is 0.404. The summed E-state index contributed by atoms with van der Waals surface area (Å²) in [5, 5.41) is 8.80. The Morgan fingerprint density at radius 2 is 1.88 bits per heavy atom. The molecule has 2 N–H and O–H groups in total. The molecule has 7 heteroatoms. The number of nitrogens with one attached hydrogen (secondary N) is 2. The smallest absolute Gasteiger partial charge is 0.191 e. The maximum atomic E-state index is 5.73. The predicted octanol–water partition coefficient (Wildman–Crippen LogP) is 3.70. The van der Waals surface area contributed by atoms with Gasteiger partial charge in [0.05, 0.1) is 19.8 Å². The van der Waals surface area contributed by atoms with Gasteiger partial charge in [-0.05, 0) is 41.6 Å². The molecule has 1 aliphatic rings. The fourth-order valence-corrected chi connectivity index (χ4v) is 3.32. The maximum absolute atomic E-state index is 5.73. The molecule has 1 aromatic heterocycles. The molecule has 0 saturated carbocycles. The number of thiophene rings is 1. The summed E-state index contributed by atoms with van der Waals surface area (Å²) in [6.45, 7) is 5.00. The summed E-state index contributed by atoms with van der Waals surface area (Å²) < 4.78 is 11.4. The van der Waals surface area contributed by atoms with E-state index < -0.39 is 0 Å². The van der Waals surface area contributed by atoms with Crippen LogP contribution in [-0.4, -0.2) is 26.2 Å². The summed E-state index contributed by atoms with van der Waals surface area (Å²) in [6.07, 6.45) is 0.918. The lowest BCUT2D eigenvalue weighted by atomic mass is 10.2. The Balaban J connectivity index is 0.00000225. The van der Waals surface area contributed by atoms with Gasteiger partial charge < -0.3 is 20.1 Å². The van der Waals surface area contributed by atoms with E-state index in [1.165, 1.54) is 10.4 Å². The molecular weight excluding hydrogens is 449 g/mol. The number of aryl methyl sites for hydroxylation is 1. The lowest BCUT2D eigenvalue weighted by Crippen LogP contribution is -2.36. The Kier molecular flexibility index (Phi) is 7.83. The third-order valence-corrected chi connectivity index (χ3v) is 4.90. The van der Waals surface area contributed by atoms with Crippen LogP contribution in [-0.2, 0) is 13.1 Å². The minimum absolute atomic E-state index is 0. The van der Waals surface area contributed by atoms with Crippen LogP contribution in [0.15, 0.2) is 34.6 Å². The van der Waals surface area contributed by atoms with Crippen LogP contribution in [0.1, 0.15) is 22.4 Å². The zero-order chi connectivity index (χ0) is 16.8. The van der Waals surface area contributed by atoms with Crippen LogP contribution in [0.2, 0.25) is 0 Å². The van der Waals surface area contributed by atoms with Gasteiger partial charge in [-0.2, -0.15) is 0 Å². The Bertz CT molecular complexity index is 718. The van der Waals surface area contributed by atoms with Gasteiger partial charge in [-0.1, -0.05) is 6.07 Å². The van der Waals surface area contributed by atoms with E-state index in [4.69, 9.17) is 9.47 Å². The number of hydrogen-bond donors (Lipinski definition) is 2. The van der Waals surface area contributed by atoms with Crippen molar-refractivity contribution in [3.63, 3.8) is 0 Å². The predicted molar refractivity (Wildman–Crippen MR) is 114 cm³/mol. The molecule has 0 fully saturated rings. The van der Waals surface area contributed by atoms with Gasteiger partial charge in [-0.15, -0.1) is 35.3 Å². The number of ether oxygens (including phenoxy) is 2. The van der Waals surface area contributed by atoms with E-state index in [9.17, 15) is 0 Å². The minimum atomic E-state index is 0. The summed E-state index contributed by atoms with van der Waals surface area (Å²) in [5.41, 5.74) is 2.44. The second-order valence-corrected chi connectivity index (χ2v) is 6.64. The van der Waals surface area contributed by atoms with Crippen molar-refractivity contribution < 1.29 is 9.47 Å². The van der Waals surface area contributed by atoms with Crippen LogP contribution in [0.5, 0.6) is 11.5 Å². The fourth-order valence-electron chi connectivity index (χ4n) is 2.47. The largest absolute Gasteiger partial charge is 0.490 e. The molecule has 0 amide bonds. The lowest BCUT2D eigenvalue weighted by molar-refractivity contribution is 0.297. The van der Waals surface area contributed by atoms with Crippen LogP contribution in [0.4, 0.5) is 0 Å². The van der Waals surface area contributed by atoms with Gasteiger partial charge in [0, 0.05) is 24.9 Å².